The van der Waals surface area contributed by atoms with Crippen LogP contribution in [0, 0.1) is 32.1 Å². The van der Waals surface area contributed by atoms with E-state index in [0.29, 0.717) is 6.42 Å². The van der Waals surface area contributed by atoms with Gasteiger partial charge in [-0.05, 0) is 56.0 Å². The van der Waals surface area contributed by atoms with Crippen LogP contribution in [-0.2, 0) is 6.42 Å². The van der Waals surface area contributed by atoms with Crippen molar-refractivity contribution in [3.05, 3.63) is 28.3 Å². The van der Waals surface area contributed by atoms with Crippen molar-refractivity contribution >= 4 is 0 Å². The Morgan fingerprint density at radius 3 is 2.56 bits per heavy atom. The molecule has 1 N–H and O–H groups in total. The van der Waals surface area contributed by atoms with Gasteiger partial charge in [-0.25, -0.2) is 0 Å². The lowest BCUT2D eigenvalue weighted by molar-refractivity contribution is 0.408. The normalized spacial score (nSPS) is 10.2. The maximum absolute atomic E-state index is 8.45. The second-order valence-electron chi connectivity index (χ2n) is 4.54. The maximum atomic E-state index is 8.45. The van der Waals surface area contributed by atoms with Crippen LogP contribution in [0.1, 0.15) is 28.7 Å². The number of methoxy groups -OCH3 is 1. The molecule has 0 radical (unpaired) electrons. The van der Waals surface area contributed by atoms with E-state index in [4.69, 9.17) is 10.00 Å². The minimum absolute atomic E-state index is 0.569. The molecule has 0 aliphatic heterocycles. The summed E-state index contributed by atoms with van der Waals surface area (Å²) in [6, 6.07) is 4.33. The fourth-order valence-corrected chi connectivity index (χ4v) is 2.21. The van der Waals surface area contributed by atoms with Gasteiger partial charge in [-0.1, -0.05) is 6.07 Å². The van der Waals surface area contributed by atoms with Crippen molar-refractivity contribution in [1.29, 1.82) is 5.26 Å². The van der Waals surface area contributed by atoms with Gasteiger partial charge in [0.1, 0.15) is 5.75 Å². The van der Waals surface area contributed by atoms with Crippen molar-refractivity contribution in [2.75, 3.05) is 20.2 Å². The Hall–Kier alpha value is -1.53. The Morgan fingerprint density at radius 1 is 1.22 bits per heavy atom. The van der Waals surface area contributed by atoms with E-state index >= 15 is 0 Å². The Balaban J connectivity index is 2.70. The van der Waals surface area contributed by atoms with Crippen LogP contribution >= 0.6 is 0 Å². The zero-order valence-electron chi connectivity index (χ0n) is 11.8. The SMILES string of the molecule is COc1c(C)cc(CCNCCC#N)c(C)c1C. The van der Waals surface area contributed by atoms with Crippen molar-refractivity contribution in [2.24, 2.45) is 0 Å². The van der Waals surface area contributed by atoms with Crippen molar-refractivity contribution in [3.63, 3.8) is 0 Å². The number of ether oxygens (including phenoxy) is 1. The van der Waals surface area contributed by atoms with E-state index in [1.165, 1.54) is 22.3 Å². The van der Waals surface area contributed by atoms with E-state index < -0.39 is 0 Å². The van der Waals surface area contributed by atoms with Crippen molar-refractivity contribution < 1.29 is 4.74 Å². The van der Waals surface area contributed by atoms with E-state index in [1.54, 1.807) is 7.11 Å². The largest absolute Gasteiger partial charge is 0.496 e. The van der Waals surface area contributed by atoms with Crippen LogP contribution in [0.5, 0.6) is 5.75 Å². The molecular formula is C15H22N2O. The summed E-state index contributed by atoms with van der Waals surface area (Å²) in [7, 11) is 1.72. The fraction of sp³-hybridized carbons (Fsp3) is 0.533. The quantitative estimate of drug-likeness (QED) is 0.785. The Labute approximate surface area is 110 Å². The number of hydrogen-bond donors (Lipinski definition) is 1. The van der Waals surface area contributed by atoms with Crippen LogP contribution in [-0.4, -0.2) is 20.2 Å². The third-order valence-corrected chi connectivity index (χ3v) is 3.32. The molecule has 0 amide bonds. The lowest BCUT2D eigenvalue weighted by Crippen LogP contribution is -2.18. The lowest BCUT2D eigenvalue weighted by Gasteiger charge is -2.15. The number of hydrogen-bond acceptors (Lipinski definition) is 3. The van der Waals surface area contributed by atoms with Gasteiger partial charge in [-0.15, -0.1) is 0 Å². The molecule has 0 atom stereocenters. The highest BCUT2D eigenvalue weighted by molar-refractivity contribution is 5.49. The number of nitriles is 1. The second kappa shape index (κ2) is 7.03. The van der Waals surface area contributed by atoms with Crippen molar-refractivity contribution in [3.8, 4) is 11.8 Å². The predicted molar refractivity (Wildman–Crippen MR) is 74.0 cm³/mol. The third-order valence-electron chi connectivity index (χ3n) is 3.32. The minimum Gasteiger partial charge on any atom is -0.496 e. The Kier molecular flexibility index (Phi) is 5.67. The summed E-state index contributed by atoms with van der Waals surface area (Å²) in [4.78, 5) is 0. The molecule has 1 aromatic carbocycles. The minimum atomic E-state index is 0.569. The summed E-state index contributed by atoms with van der Waals surface area (Å²) < 4.78 is 5.42. The van der Waals surface area contributed by atoms with Gasteiger partial charge >= 0.3 is 0 Å². The van der Waals surface area contributed by atoms with E-state index in [0.717, 1.165) is 25.3 Å². The summed E-state index contributed by atoms with van der Waals surface area (Å²) in [5, 5.41) is 11.7. The average Bonchev–Trinajstić information content (AvgIpc) is 2.35. The molecule has 0 bridgehead atoms. The molecule has 98 valence electrons. The van der Waals surface area contributed by atoms with Crippen LogP contribution in [0.25, 0.3) is 0 Å². The number of aryl methyl sites for hydroxylation is 1. The third kappa shape index (κ3) is 3.48. The maximum Gasteiger partial charge on any atom is 0.124 e. The molecule has 1 aromatic rings. The molecule has 0 spiro atoms. The van der Waals surface area contributed by atoms with Gasteiger partial charge in [-0.2, -0.15) is 5.26 Å². The summed E-state index contributed by atoms with van der Waals surface area (Å²) in [6.07, 6.45) is 1.56. The van der Waals surface area contributed by atoms with Crippen LogP contribution in [0.3, 0.4) is 0 Å². The molecule has 0 aromatic heterocycles. The Bertz CT molecular complexity index is 447. The van der Waals surface area contributed by atoms with Gasteiger partial charge in [0.05, 0.1) is 13.2 Å². The number of nitrogens with zero attached hydrogens (tertiary/aromatic N) is 1. The molecular weight excluding hydrogens is 224 g/mol. The average molecular weight is 246 g/mol. The first kappa shape index (κ1) is 14.5. The first-order valence-electron chi connectivity index (χ1n) is 6.33. The Morgan fingerprint density at radius 2 is 1.94 bits per heavy atom. The molecule has 0 aliphatic carbocycles. The molecule has 18 heavy (non-hydrogen) atoms. The fourth-order valence-electron chi connectivity index (χ4n) is 2.21. The summed E-state index contributed by atoms with van der Waals surface area (Å²) in [5.74, 6) is 0.994. The molecule has 1 rings (SSSR count). The van der Waals surface area contributed by atoms with E-state index in [9.17, 15) is 0 Å². The predicted octanol–water partition coefficient (Wildman–Crippen LogP) is 2.67. The van der Waals surface area contributed by atoms with Crippen LogP contribution in [0.2, 0.25) is 0 Å². The summed E-state index contributed by atoms with van der Waals surface area (Å²) >= 11 is 0. The summed E-state index contributed by atoms with van der Waals surface area (Å²) in [5.41, 5.74) is 5.08. The molecule has 3 nitrogen and oxygen atoms in total. The van der Waals surface area contributed by atoms with E-state index in [1.807, 2.05) is 0 Å². The van der Waals surface area contributed by atoms with Gasteiger partial charge in [-0.3, -0.25) is 0 Å². The topological polar surface area (TPSA) is 45.0 Å². The molecule has 0 unspecified atom stereocenters. The highest BCUT2D eigenvalue weighted by atomic mass is 16.5. The van der Waals surface area contributed by atoms with E-state index in [-0.39, 0.29) is 0 Å². The highest BCUT2D eigenvalue weighted by Gasteiger charge is 2.09. The summed E-state index contributed by atoms with van der Waals surface area (Å²) in [6.45, 7) is 8.00. The van der Waals surface area contributed by atoms with Crippen molar-refractivity contribution in [2.45, 2.75) is 33.6 Å². The number of nitrogens with one attached hydrogen (secondary N) is 1. The monoisotopic (exact) mass is 246 g/mol. The van der Waals surface area contributed by atoms with Crippen LogP contribution in [0.15, 0.2) is 6.07 Å². The molecule has 3 heteroatoms. The zero-order chi connectivity index (χ0) is 13.5. The second-order valence-corrected chi connectivity index (χ2v) is 4.54. The highest BCUT2D eigenvalue weighted by Crippen LogP contribution is 2.28. The van der Waals surface area contributed by atoms with Gasteiger partial charge in [0.15, 0.2) is 0 Å². The molecule has 0 fully saturated rings. The first-order chi connectivity index (χ1) is 8.61. The molecule has 0 saturated carbocycles. The van der Waals surface area contributed by atoms with Crippen LogP contribution in [0.4, 0.5) is 0 Å². The van der Waals surface area contributed by atoms with Gasteiger partial charge in [0, 0.05) is 13.0 Å². The zero-order valence-corrected chi connectivity index (χ0v) is 11.8. The van der Waals surface area contributed by atoms with Gasteiger partial charge in [0.2, 0.25) is 0 Å². The first-order valence-corrected chi connectivity index (χ1v) is 6.33. The van der Waals surface area contributed by atoms with Crippen molar-refractivity contribution in [1.82, 2.24) is 5.32 Å². The standard InChI is InChI=1S/C15H22N2O/c1-11-10-14(6-9-17-8-5-7-16)12(2)13(3)15(11)18-4/h10,17H,5-6,8-9H2,1-4H3. The molecule has 0 aliphatic rings. The van der Waals surface area contributed by atoms with Gasteiger partial charge in [0.25, 0.3) is 0 Å². The number of rotatable bonds is 6. The van der Waals surface area contributed by atoms with E-state index in [2.05, 4.69) is 38.2 Å². The lowest BCUT2D eigenvalue weighted by atomic mass is 9.96. The number of benzene rings is 1. The smallest absolute Gasteiger partial charge is 0.124 e. The molecule has 0 heterocycles. The molecule has 0 saturated heterocycles. The van der Waals surface area contributed by atoms with Crippen LogP contribution < -0.4 is 10.1 Å². The van der Waals surface area contributed by atoms with Gasteiger partial charge < -0.3 is 10.1 Å².